The van der Waals surface area contributed by atoms with Crippen molar-refractivity contribution in [3.8, 4) is 5.75 Å². The molecular formula is C17H19IO3. The summed E-state index contributed by atoms with van der Waals surface area (Å²) in [7, 11) is 0. The number of fused-ring (bicyclic) bond motifs is 1. The quantitative estimate of drug-likeness (QED) is 0.466. The fourth-order valence-electron chi connectivity index (χ4n) is 2.12. The molecule has 0 aromatic heterocycles. The zero-order valence-corrected chi connectivity index (χ0v) is 14.4. The van der Waals surface area contributed by atoms with Crippen molar-refractivity contribution in [1.29, 1.82) is 0 Å². The summed E-state index contributed by atoms with van der Waals surface area (Å²) in [6.07, 6.45) is 1.39. The van der Waals surface area contributed by atoms with Gasteiger partial charge in [0.15, 0.2) is 0 Å². The molecule has 3 nitrogen and oxygen atoms in total. The fourth-order valence-corrected chi connectivity index (χ4v) is 2.28. The van der Waals surface area contributed by atoms with E-state index in [1.165, 1.54) is 0 Å². The standard InChI is InChI=1S/C17H19IO3/c1-3-17(2,18)16(20)21-11-10-12-6-4-8-14-13(12)7-5-9-15(14)19/h4-9,19H,3,10-11H2,1-2H3. The van der Waals surface area contributed by atoms with Crippen molar-refractivity contribution >= 4 is 39.3 Å². The van der Waals surface area contributed by atoms with E-state index in [4.69, 9.17) is 4.74 Å². The van der Waals surface area contributed by atoms with Crippen molar-refractivity contribution in [3.63, 3.8) is 0 Å². The minimum Gasteiger partial charge on any atom is -0.507 e. The highest BCUT2D eigenvalue weighted by molar-refractivity contribution is 14.1. The molecule has 1 N–H and O–H groups in total. The van der Waals surface area contributed by atoms with Gasteiger partial charge < -0.3 is 9.84 Å². The summed E-state index contributed by atoms with van der Waals surface area (Å²) < 4.78 is 4.91. The van der Waals surface area contributed by atoms with Crippen LogP contribution in [0.3, 0.4) is 0 Å². The molecule has 0 saturated heterocycles. The normalized spacial score (nSPS) is 13.9. The molecule has 2 aromatic carbocycles. The van der Waals surface area contributed by atoms with E-state index in [1.54, 1.807) is 6.07 Å². The van der Waals surface area contributed by atoms with Crippen LogP contribution in [-0.4, -0.2) is 21.1 Å². The molecule has 21 heavy (non-hydrogen) atoms. The van der Waals surface area contributed by atoms with Crippen LogP contribution >= 0.6 is 22.6 Å². The third kappa shape index (κ3) is 3.67. The second-order valence-corrected chi connectivity index (χ2v) is 7.61. The molecule has 0 radical (unpaired) electrons. The van der Waals surface area contributed by atoms with E-state index < -0.39 is 3.42 Å². The number of esters is 1. The molecule has 0 aliphatic heterocycles. The van der Waals surface area contributed by atoms with Crippen molar-refractivity contribution < 1.29 is 14.6 Å². The van der Waals surface area contributed by atoms with E-state index in [9.17, 15) is 9.90 Å². The van der Waals surface area contributed by atoms with Gasteiger partial charge in [0.05, 0.1) is 6.61 Å². The second-order valence-electron chi connectivity index (χ2n) is 5.23. The molecule has 2 rings (SSSR count). The summed E-state index contributed by atoms with van der Waals surface area (Å²) in [5, 5.41) is 11.7. The lowest BCUT2D eigenvalue weighted by Gasteiger charge is -2.18. The maximum Gasteiger partial charge on any atom is 0.321 e. The van der Waals surface area contributed by atoms with Crippen molar-refractivity contribution in [2.45, 2.75) is 30.1 Å². The Morgan fingerprint density at radius 3 is 2.62 bits per heavy atom. The molecule has 0 spiro atoms. The smallest absolute Gasteiger partial charge is 0.321 e. The number of ether oxygens (including phenoxy) is 1. The van der Waals surface area contributed by atoms with Gasteiger partial charge in [0.2, 0.25) is 0 Å². The summed E-state index contributed by atoms with van der Waals surface area (Å²) in [6.45, 7) is 4.21. The Morgan fingerprint density at radius 1 is 1.24 bits per heavy atom. The van der Waals surface area contributed by atoms with E-state index in [0.29, 0.717) is 13.0 Å². The molecule has 0 saturated carbocycles. The number of benzene rings is 2. The first-order valence-electron chi connectivity index (χ1n) is 7.01. The van der Waals surface area contributed by atoms with E-state index in [-0.39, 0.29) is 11.7 Å². The Bertz CT molecular complexity index is 650. The van der Waals surface area contributed by atoms with E-state index in [0.717, 1.165) is 22.8 Å². The molecule has 0 fully saturated rings. The molecular weight excluding hydrogens is 379 g/mol. The maximum atomic E-state index is 11.9. The Labute approximate surface area is 138 Å². The molecule has 2 aromatic rings. The predicted octanol–water partition coefficient (Wildman–Crippen LogP) is 4.23. The highest BCUT2D eigenvalue weighted by atomic mass is 127. The van der Waals surface area contributed by atoms with E-state index >= 15 is 0 Å². The third-order valence-electron chi connectivity index (χ3n) is 3.68. The van der Waals surface area contributed by atoms with Crippen LogP contribution in [0.2, 0.25) is 0 Å². The molecule has 0 aliphatic carbocycles. The van der Waals surface area contributed by atoms with E-state index in [1.807, 2.05) is 44.2 Å². The fraction of sp³-hybridized carbons (Fsp3) is 0.353. The monoisotopic (exact) mass is 398 g/mol. The van der Waals surface area contributed by atoms with Gasteiger partial charge in [-0.3, -0.25) is 4.79 Å². The number of carbonyl (C=O) groups excluding carboxylic acids is 1. The molecule has 0 aliphatic rings. The van der Waals surface area contributed by atoms with Crippen molar-refractivity contribution in [1.82, 2.24) is 0 Å². The lowest BCUT2D eigenvalue weighted by Crippen LogP contribution is -2.29. The highest BCUT2D eigenvalue weighted by Gasteiger charge is 2.29. The van der Waals surface area contributed by atoms with Crippen LogP contribution < -0.4 is 0 Å². The summed E-state index contributed by atoms with van der Waals surface area (Å²) in [6, 6.07) is 11.3. The zero-order valence-electron chi connectivity index (χ0n) is 12.2. The van der Waals surface area contributed by atoms with E-state index in [2.05, 4.69) is 22.6 Å². The Kier molecular flexibility index (Phi) is 5.08. The predicted molar refractivity (Wildman–Crippen MR) is 93.0 cm³/mol. The average molecular weight is 398 g/mol. The Hall–Kier alpha value is -1.30. The number of hydrogen-bond acceptors (Lipinski definition) is 3. The Balaban J connectivity index is 2.08. The molecule has 4 heteroatoms. The third-order valence-corrected chi connectivity index (χ3v) is 4.89. The molecule has 0 heterocycles. The maximum absolute atomic E-state index is 11.9. The van der Waals surface area contributed by atoms with Gasteiger partial charge in [0, 0.05) is 11.8 Å². The van der Waals surface area contributed by atoms with Gasteiger partial charge in [-0.15, -0.1) is 0 Å². The minimum atomic E-state index is -0.464. The number of phenols is 1. The number of aromatic hydroxyl groups is 1. The van der Waals surface area contributed by atoms with Crippen molar-refractivity contribution in [2.24, 2.45) is 0 Å². The lowest BCUT2D eigenvalue weighted by atomic mass is 10.0. The van der Waals surface area contributed by atoms with Crippen LogP contribution in [-0.2, 0) is 16.0 Å². The number of halogens is 1. The minimum absolute atomic E-state index is 0.173. The first-order valence-corrected chi connectivity index (χ1v) is 8.09. The van der Waals surface area contributed by atoms with Gasteiger partial charge in [-0.2, -0.15) is 0 Å². The van der Waals surface area contributed by atoms with Crippen LogP contribution in [0.5, 0.6) is 5.75 Å². The van der Waals surface area contributed by atoms with Gasteiger partial charge in [-0.1, -0.05) is 59.8 Å². The summed E-state index contributed by atoms with van der Waals surface area (Å²) in [5.41, 5.74) is 1.07. The van der Waals surface area contributed by atoms with Gasteiger partial charge in [0.25, 0.3) is 0 Å². The second kappa shape index (κ2) is 6.64. The van der Waals surface area contributed by atoms with Crippen LogP contribution in [0, 0.1) is 0 Å². The molecule has 1 unspecified atom stereocenters. The van der Waals surface area contributed by atoms with Gasteiger partial charge in [-0.25, -0.2) is 0 Å². The SMILES string of the molecule is CCC(C)(I)C(=O)OCCc1cccc2c(O)cccc12. The lowest BCUT2D eigenvalue weighted by molar-refractivity contribution is -0.145. The summed E-state index contributed by atoms with van der Waals surface area (Å²) >= 11 is 2.13. The van der Waals surface area contributed by atoms with Crippen LogP contribution in [0.4, 0.5) is 0 Å². The molecule has 0 amide bonds. The number of phenolic OH excluding ortho intramolecular Hbond substituents is 1. The van der Waals surface area contributed by atoms with Crippen LogP contribution in [0.15, 0.2) is 36.4 Å². The highest BCUT2D eigenvalue weighted by Crippen LogP contribution is 2.27. The number of carbonyl (C=O) groups is 1. The number of hydrogen-bond donors (Lipinski definition) is 1. The van der Waals surface area contributed by atoms with Gasteiger partial charge in [-0.05, 0) is 30.4 Å². The zero-order chi connectivity index (χ0) is 15.5. The molecule has 1 atom stereocenters. The van der Waals surface area contributed by atoms with Crippen LogP contribution in [0.1, 0.15) is 25.8 Å². The molecule has 112 valence electrons. The topological polar surface area (TPSA) is 46.5 Å². The van der Waals surface area contributed by atoms with Gasteiger partial charge >= 0.3 is 5.97 Å². The summed E-state index contributed by atoms with van der Waals surface area (Å²) in [5.74, 6) is 0.103. The van der Waals surface area contributed by atoms with Gasteiger partial charge in [0.1, 0.15) is 9.17 Å². The van der Waals surface area contributed by atoms with Crippen molar-refractivity contribution in [2.75, 3.05) is 6.61 Å². The van der Waals surface area contributed by atoms with Crippen LogP contribution in [0.25, 0.3) is 10.8 Å². The first-order chi connectivity index (χ1) is 9.95. The van der Waals surface area contributed by atoms with Crippen molar-refractivity contribution in [3.05, 3.63) is 42.0 Å². The Morgan fingerprint density at radius 2 is 1.90 bits per heavy atom. The number of rotatable bonds is 5. The average Bonchev–Trinajstić information content (AvgIpc) is 2.48. The molecule has 0 bridgehead atoms. The largest absolute Gasteiger partial charge is 0.507 e. The first kappa shape index (κ1) is 16.1. The number of alkyl halides is 1. The summed E-state index contributed by atoms with van der Waals surface area (Å²) in [4.78, 5) is 11.9.